The van der Waals surface area contributed by atoms with Gasteiger partial charge in [-0.05, 0) is 51.1 Å². The molecule has 0 unspecified atom stereocenters. The van der Waals surface area contributed by atoms with Crippen molar-refractivity contribution < 1.29 is 23.6 Å². The molecule has 0 spiro atoms. The zero-order chi connectivity index (χ0) is 21.1. The molecule has 3 rings (SSSR count). The van der Waals surface area contributed by atoms with Crippen LogP contribution in [0.5, 0.6) is 0 Å². The molecule has 1 aromatic carbocycles. The number of rotatable bonds is 6. The Bertz CT molecular complexity index is 1080. The third-order valence-corrected chi connectivity index (χ3v) is 4.35. The molecule has 2 heterocycles. The van der Waals surface area contributed by atoms with E-state index in [1.54, 1.807) is 38.1 Å². The van der Waals surface area contributed by atoms with Gasteiger partial charge in [0.2, 0.25) is 11.7 Å². The van der Waals surface area contributed by atoms with Crippen molar-refractivity contribution in [2.75, 3.05) is 11.9 Å². The molecular weight excluding hydrogens is 374 g/mol. The number of benzene rings is 1. The molecule has 8 heteroatoms. The largest absolute Gasteiger partial charge is 0.454 e. The molecule has 0 aliphatic heterocycles. The molecule has 1 amide bonds. The number of nitrogens with one attached hydrogen (secondary N) is 1. The Morgan fingerprint density at radius 2 is 1.79 bits per heavy atom. The Morgan fingerprint density at radius 1 is 1.10 bits per heavy atom. The zero-order valence-electron chi connectivity index (χ0n) is 16.6. The minimum atomic E-state index is -0.617. The van der Waals surface area contributed by atoms with Gasteiger partial charge >= 0.3 is 5.97 Å². The average Bonchev–Trinajstić information content (AvgIpc) is 3.22. The lowest BCUT2D eigenvalue weighted by molar-refractivity contribution is -0.114. The SMILES string of the molecule is CC(=O)Nc1ccc(C(=O)OCC(=O)c2cc(C)n(-c3cc(C)on3)c2C)cc1. The van der Waals surface area contributed by atoms with Crippen molar-refractivity contribution in [1.29, 1.82) is 0 Å². The predicted octanol–water partition coefficient (Wildman–Crippen LogP) is 3.39. The van der Waals surface area contributed by atoms with Gasteiger partial charge in [-0.2, -0.15) is 0 Å². The lowest BCUT2D eigenvalue weighted by atomic mass is 10.1. The number of hydrogen-bond donors (Lipinski definition) is 1. The number of amides is 1. The smallest absolute Gasteiger partial charge is 0.338 e. The van der Waals surface area contributed by atoms with Crippen molar-refractivity contribution in [2.24, 2.45) is 0 Å². The molecule has 0 bridgehead atoms. The zero-order valence-corrected chi connectivity index (χ0v) is 16.6. The van der Waals surface area contributed by atoms with Crippen LogP contribution in [0.3, 0.4) is 0 Å². The van der Waals surface area contributed by atoms with Crippen LogP contribution in [0.1, 0.15) is 44.8 Å². The van der Waals surface area contributed by atoms with Gasteiger partial charge in [0.1, 0.15) is 5.76 Å². The van der Waals surface area contributed by atoms with Crippen molar-refractivity contribution in [2.45, 2.75) is 27.7 Å². The number of carbonyl (C=O) groups is 3. The Balaban J connectivity index is 1.68. The van der Waals surface area contributed by atoms with Gasteiger partial charge in [0.25, 0.3) is 0 Å². The maximum Gasteiger partial charge on any atom is 0.338 e. The van der Waals surface area contributed by atoms with Crippen LogP contribution >= 0.6 is 0 Å². The molecule has 0 fully saturated rings. The van der Waals surface area contributed by atoms with Crippen LogP contribution in [-0.2, 0) is 9.53 Å². The second-order valence-electron chi connectivity index (χ2n) is 6.67. The number of carbonyl (C=O) groups excluding carboxylic acids is 3. The first-order valence-corrected chi connectivity index (χ1v) is 8.97. The van der Waals surface area contributed by atoms with Gasteiger partial charge in [-0.1, -0.05) is 5.16 Å². The van der Waals surface area contributed by atoms with Crippen LogP contribution in [0.2, 0.25) is 0 Å². The first-order chi connectivity index (χ1) is 13.8. The molecule has 1 N–H and O–H groups in total. The fourth-order valence-electron chi connectivity index (χ4n) is 3.04. The highest BCUT2D eigenvalue weighted by Gasteiger charge is 2.20. The number of aromatic nitrogens is 2. The molecular formula is C21H21N3O5. The van der Waals surface area contributed by atoms with E-state index < -0.39 is 5.97 Å². The molecule has 0 aliphatic carbocycles. The maximum absolute atomic E-state index is 12.6. The average molecular weight is 395 g/mol. The highest BCUT2D eigenvalue weighted by molar-refractivity contribution is 6.00. The van der Waals surface area contributed by atoms with E-state index in [0.717, 1.165) is 5.69 Å². The third kappa shape index (κ3) is 4.43. The lowest BCUT2D eigenvalue weighted by Crippen LogP contribution is -2.15. The van der Waals surface area contributed by atoms with E-state index in [0.29, 0.717) is 28.5 Å². The quantitative estimate of drug-likeness (QED) is 0.507. The summed E-state index contributed by atoms with van der Waals surface area (Å²) in [6.07, 6.45) is 0. The van der Waals surface area contributed by atoms with Gasteiger partial charge in [0.05, 0.1) is 5.56 Å². The fraction of sp³-hybridized carbons (Fsp3) is 0.238. The predicted molar refractivity (Wildman–Crippen MR) is 105 cm³/mol. The summed E-state index contributed by atoms with van der Waals surface area (Å²) in [7, 11) is 0. The normalized spacial score (nSPS) is 10.6. The van der Waals surface area contributed by atoms with Gasteiger partial charge in [-0.3, -0.25) is 14.2 Å². The number of Topliss-reactive ketones (excluding diaryl/α,β-unsaturated/α-hetero) is 1. The summed E-state index contributed by atoms with van der Waals surface area (Å²) in [4.78, 5) is 35.8. The van der Waals surface area contributed by atoms with Gasteiger partial charge < -0.3 is 14.6 Å². The van der Waals surface area contributed by atoms with E-state index >= 15 is 0 Å². The number of nitrogens with zero attached hydrogens (tertiary/aromatic N) is 2. The van der Waals surface area contributed by atoms with Gasteiger partial charge in [0, 0.05) is 35.6 Å². The molecule has 150 valence electrons. The van der Waals surface area contributed by atoms with E-state index in [1.807, 2.05) is 11.5 Å². The summed E-state index contributed by atoms with van der Waals surface area (Å²) < 4.78 is 12.1. The lowest BCUT2D eigenvalue weighted by Gasteiger charge is -2.07. The summed E-state index contributed by atoms with van der Waals surface area (Å²) in [5, 5.41) is 6.60. The Morgan fingerprint density at radius 3 is 2.38 bits per heavy atom. The van der Waals surface area contributed by atoms with E-state index in [9.17, 15) is 14.4 Å². The van der Waals surface area contributed by atoms with E-state index in [4.69, 9.17) is 9.26 Å². The number of esters is 1. The van der Waals surface area contributed by atoms with Gasteiger partial charge in [-0.25, -0.2) is 4.79 Å². The fourth-order valence-corrected chi connectivity index (χ4v) is 3.04. The first kappa shape index (κ1) is 20.1. The van der Waals surface area contributed by atoms with Gasteiger partial charge in [0.15, 0.2) is 12.4 Å². The molecule has 0 aliphatic rings. The molecule has 29 heavy (non-hydrogen) atoms. The highest BCUT2D eigenvalue weighted by Crippen LogP contribution is 2.21. The van der Waals surface area contributed by atoms with Crippen LogP contribution in [0.15, 0.2) is 40.9 Å². The number of hydrogen-bond acceptors (Lipinski definition) is 6. The standard InChI is InChI=1S/C21H21N3O5/c1-12-9-18(14(3)24(12)20-10-13(2)29-23-20)19(26)11-28-21(27)16-5-7-17(8-6-16)22-15(4)25/h5-10H,11H2,1-4H3,(H,22,25). The Kier molecular flexibility index (Phi) is 5.63. The van der Waals surface area contributed by atoms with E-state index in [2.05, 4.69) is 10.5 Å². The van der Waals surface area contributed by atoms with Crippen molar-refractivity contribution in [3.63, 3.8) is 0 Å². The summed E-state index contributed by atoms with van der Waals surface area (Å²) in [6.45, 7) is 6.46. The second kappa shape index (κ2) is 8.14. The molecule has 0 saturated carbocycles. The highest BCUT2D eigenvalue weighted by atomic mass is 16.5. The summed E-state index contributed by atoms with van der Waals surface area (Å²) in [6, 6.07) is 9.74. The molecule has 3 aromatic rings. The van der Waals surface area contributed by atoms with Crippen LogP contribution in [-0.4, -0.2) is 34.0 Å². The molecule has 0 saturated heterocycles. The van der Waals surface area contributed by atoms with Crippen LogP contribution in [0.4, 0.5) is 5.69 Å². The van der Waals surface area contributed by atoms with Crippen molar-refractivity contribution >= 4 is 23.3 Å². The molecule has 8 nitrogen and oxygen atoms in total. The van der Waals surface area contributed by atoms with Gasteiger partial charge in [-0.15, -0.1) is 0 Å². The summed E-state index contributed by atoms with van der Waals surface area (Å²) >= 11 is 0. The maximum atomic E-state index is 12.6. The van der Waals surface area contributed by atoms with Crippen molar-refractivity contribution in [3.05, 3.63) is 64.7 Å². The minimum absolute atomic E-state index is 0.204. The van der Waals surface area contributed by atoms with Crippen LogP contribution in [0, 0.1) is 20.8 Å². The first-order valence-electron chi connectivity index (χ1n) is 8.97. The number of anilines is 1. The van der Waals surface area contributed by atoms with Crippen LogP contribution in [0.25, 0.3) is 5.82 Å². The number of aryl methyl sites for hydroxylation is 2. The third-order valence-electron chi connectivity index (χ3n) is 4.35. The van der Waals surface area contributed by atoms with E-state index in [-0.39, 0.29) is 23.9 Å². The summed E-state index contributed by atoms with van der Waals surface area (Å²) in [5.74, 6) is 0.123. The number of ketones is 1. The van der Waals surface area contributed by atoms with E-state index in [1.165, 1.54) is 19.1 Å². The Labute approximate surface area is 167 Å². The molecule has 2 aromatic heterocycles. The summed E-state index contributed by atoms with van der Waals surface area (Å²) in [5.41, 5.74) is 2.82. The molecule has 0 radical (unpaired) electrons. The van der Waals surface area contributed by atoms with Crippen LogP contribution < -0.4 is 5.32 Å². The second-order valence-corrected chi connectivity index (χ2v) is 6.67. The van der Waals surface area contributed by atoms with Crippen molar-refractivity contribution in [1.82, 2.24) is 9.72 Å². The monoisotopic (exact) mass is 395 g/mol. The Hall–Kier alpha value is -3.68. The van der Waals surface area contributed by atoms with Crippen molar-refractivity contribution in [3.8, 4) is 5.82 Å². The minimum Gasteiger partial charge on any atom is -0.454 e. The molecule has 0 atom stereocenters. The number of ether oxygens (including phenoxy) is 1. The topological polar surface area (TPSA) is 103 Å².